The number of rotatable bonds is 6. The van der Waals surface area contributed by atoms with Gasteiger partial charge in [-0.3, -0.25) is 9.59 Å². The second kappa shape index (κ2) is 6.56. The Morgan fingerprint density at radius 1 is 0.762 bits per heavy atom. The van der Waals surface area contributed by atoms with E-state index in [-0.39, 0.29) is 12.8 Å². The number of hydrogen-bond donors (Lipinski definition) is 2. The standard InChI is InChI=1S/C16H14O5/c17-15(18)9-11-5-1-3-7-13(11)21-14-8-4-2-6-12(14)10-16(19)20/h1-8H,9-10H2,(H,17,18)(H,19,20). The van der Waals surface area contributed by atoms with Gasteiger partial charge in [0, 0.05) is 11.1 Å². The van der Waals surface area contributed by atoms with E-state index >= 15 is 0 Å². The summed E-state index contributed by atoms with van der Waals surface area (Å²) in [5.74, 6) is -1.08. The summed E-state index contributed by atoms with van der Waals surface area (Å²) in [5.41, 5.74) is 1.07. The van der Waals surface area contributed by atoms with E-state index in [1.165, 1.54) is 0 Å². The van der Waals surface area contributed by atoms with Crippen LogP contribution in [0.15, 0.2) is 48.5 Å². The Hall–Kier alpha value is -2.82. The molecule has 108 valence electrons. The number of benzene rings is 2. The quantitative estimate of drug-likeness (QED) is 0.853. The summed E-state index contributed by atoms with van der Waals surface area (Å²) in [6.07, 6.45) is -0.311. The molecule has 0 saturated heterocycles. The second-order valence-electron chi connectivity index (χ2n) is 4.46. The Balaban J connectivity index is 2.30. The van der Waals surface area contributed by atoms with E-state index in [1.807, 2.05) is 0 Å². The van der Waals surface area contributed by atoms with E-state index in [1.54, 1.807) is 48.5 Å². The molecule has 0 heterocycles. The molecule has 5 nitrogen and oxygen atoms in total. The van der Waals surface area contributed by atoms with E-state index in [0.29, 0.717) is 22.6 Å². The van der Waals surface area contributed by atoms with Crippen molar-refractivity contribution >= 4 is 11.9 Å². The van der Waals surface area contributed by atoms with Crippen molar-refractivity contribution in [3.63, 3.8) is 0 Å². The normalized spacial score (nSPS) is 10.1. The number of hydrogen-bond acceptors (Lipinski definition) is 3. The van der Waals surface area contributed by atoms with Crippen molar-refractivity contribution in [3.8, 4) is 11.5 Å². The summed E-state index contributed by atoms with van der Waals surface area (Å²) < 4.78 is 5.72. The summed E-state index contributed by atoms with van der Waals surface area (Å²) in [7, 11) is 0. The van der Waals surface area contributed by atoms with Gasteiger partial charge in [-0.1, -0.05) is 36.4 Å². The number of para-hydroxylation sites is 2. The highest BCUT2D eigenvalue weighted by atomic mass is 16.5. The monoisotopic (exact) mass is 286 g/mol. The molecule has 0 fully saturated rings. The van der Waals surface area contributed by atoms with Crippen molar-refractivity contribution in [2.75, 3.05) is 0 Å². The van der Waals surface area contributed by atoms with Gasteiger partial charge in [0.1, 0.15) is 11.5 Å². The van der Waals surface area contributed by atoms with Crippen molar-refractivity contribution in [1.82, 2.24) is 0 Å². The average Bonchev–Trinajstić information content (AvgIpc) is 2.42. The second-order valence-corrected chi connectivity index (χ2v) is 4.46. The predicted octanol–water partition coefficient (Wildman–Crippen LogP) is 2.73. The van der Waals surface area contributed by atoms with E-state index in [4.69, 9.17) is 14.9 Å². The van der Waals surface area contributed by atoms with Crippen LogP contribution in [-0.4, -0.2) is 22.2 Å². The minimum absolute atomic E-state index is 0.155. The average molecular weight is 286 g/mol. The van der Waals surface area contributed by atoms with Gasteiger partial charge in [-0.15, -0.1) is 0 Å². The van der Waals surface area contributed by atoms with Gasteiger partial charge < -0.3 is 14.9 Å². The number of ether oxygens (including phenoxy) is 1. The highest BCUT2D eigenvalue weighted by molar-refractivity contribution is 5.72. The highest BCUT2D eigenvalue weighted by Crippen LogP contribution is 2.28. The molecular formula is C16H14O5. The molecule has 0 amide bonds. The number of carbonyl (C=O) groups is 2. The lowest BCUT2D eigenvalue weighted by molar-refractivity contribution is -0.137. The molecule has 0 spiro atoms. The number of aliphatic carboxylic acids is 2. The lowest BCUT2D eigenvalue weighted by atomic mass is 10.1. The zero-order valence-corrected chi connectivity index (χ0v) is 11.2. The summed E-state index contributed by atoms with van der Waals surface area (Å²) in [5, 5.41) is 17.8. The van der Waals surface area contributed by atoms with Crippen LogP contribution < -0.4 is 4.74 Å². The van der Waals surface area contributed by atoms with Gasteiger partial charge in [0.2, 0.25) is 0 Å². The van der Waals surface area contributed by atoms with Crippen molar-refractivity contribution < 1.29 is 24.5 Å². The van der Waals surface area contributed by atoms with Gasteiger partial charge in [0.25, 0.3) is 0 Å². The zero-order chi connectivity index (χ0) is 15.2. The van der Waals surface area contributed by atoms with Crippen molar-refractivity contribution in [1.29, 1.82) is 0 Å². The number of carboxylic acids is 2. The largest absolute Gasteiger partial charge is 0.481 e. The molecule has 0 aliphatic carbocycles. The van der Waals surface area contributed by atoms with Gasteiger partial charge in [-0.2, -0.15) is 0 Å². The van der Waals surface area contributed by atoms with Gasteiger partial charge in [-0.05, 0) is 12.1 Å². The molecule has 0 aromatic heterocycles. The third-order valence-corrected chi connectivity index (χ3v) is 2.85. The maximum atomic E-state index is 10.9. The minimum atomic E-state index is -0.954. The van der Waals surface area contributed by atoms with Crippen LogP contribution in [0, 0.1) is 0 Å². The molecule has 2 rings (SSSR count). The molecular weight excluding hydrogens is 272 g/mol. The molecule has 0 bridgehead atoms. The molecule has 5 heteroatoms. The fourth-order valence-electron chi connectivity index (χ4n) is 1.94. The number of carboxylic acid groups (broad SMARTS) is 2. The summed E-state index contributed by atoms with van der Waals surface area (Å²) >= 11 is 0. The third-order valence-electron chi connectivity index (χ3n) is 2.85. The van der Waals surface area contributed by atoms with Crippen LogP contribution >= 0.6 is 0 Å². The van der Waals surface area contributed by atoms with Crippen molar-refractivity contribution in [3.05, 3.63) is 59.7 Å². The summed E-state index contributed by atoms with van der Waals surface area (Å²) in [6, 6.07) is 13.6. The van der Waals surface area contributed by atoms with Crippen molar-refractivity contribution in [2.24, 2.45) is 0 Å². The molecule has 0 aliphatic rings. The maximum Gasteiger partial charge on any atom is 0.307 e. The van der Waals surface area contributed by atoms with Gasteiger partial charge in [-0.25, -0.2) is 0 Å². The maximum absolute atomic E-state index is 10.9. The Labute approximate surface area is 121 Å². The molecule has 2 N–H and O–H groups in total. The first-order chi connectivity index (χ1) is 10.1. The van der Waals surface area contributed by atoms with Gasteiger partial charge in [0.05, 0.1) is 12.8 Å². The molecule has 0 unspecified atom stereocenters. The van der Waals surface area contributed by atoms with Crippen LogP contribution in [-0.2, 0) is 22.4 Å². The molecule has 0 atom stereocenters. The zero-order valence-electron chi connectivity index (χ0n) is 11.2. The Kier molecular flexibility index (Phi) is 4.56. The molecule has 0 saturated carbocycles. The van der Waals surface area contributed by atoms with Crippen LogP contribution in [0.3, 0.4) is 0 Å². The van der Waals surface area contributed by atoms with E-state index < -0.39 is 11.9 Å². The molecule has 2 aromatic rings. The lowest BCUT2D eigenvalue weighted by Gasteiger charge is -2.12. The van der Waals surface area contributed by atoms with E-state index in [2.05, 4.69) is 0 Å². The Bertz CT molecular complexity index is 606. The molecule has 2 aromatic carbocycles. The van der Waals surface area contributed by atoms with Gasteiger partial charge in [0.15, 0.2) is 0 Å². The fraction of sp³-hybridized carbons (Fsp3) is 0.125. The first kappa shape index (κ1) is 14.6. The fourth-order valence-corrected chi connectivity index (χ4v) is 1.94. The van der Waals surface area contributed by atoms with E-state index in [9.17, 15) is 9.59 Å². The molecule has 0 aliphatic heterocycles. The topological polar surface area (TPSA) is 83.8 Å². The smallest absolute Gasteiger partial charge is 0.307 e. The molecule has 21 heavy (non-hydrogen) atoms. The highest BCUT2D eigenvalue weighted by Gasteiger charge is 2.12. The van der Waals surface area contributed by atoms with Crippen LogP contribution in [0.5, 0.6) is 11.5 Å². The summed E-state index contributed by atoms with van der Waals surface area (Å²) in [6.45, 7) is 0. The third kappa shape index (κ3) is 4.07. The lowest BCUT2D eigenvalue weighted by Crippen LogP contribution is -2.04. The first-order valence-corrected chi connectivity index (χ1v) is 6.33. The van der Waals surface area contributed by atoms with Crippen LogP contribution in [0.4, 0.5) is 0 Å². The van der Waals surface area contributed by atoms with Crippen LogP contribution in [0.1, 0.15) is 11.1 Å². The SMILES string of the molecule is O=C(O)Cc1ccccc1Oc1ccccc1CC(=O)O. The first-order valence-electron chi connectivity index (χ1n) is 6.33. The summed E-state index contributed by atoms with van der Waals surface area (Å²) in [4.78, 5) is 21.7. The van der Waals surface area contributed by atoms with Crippen LogP contribution in [0.25, 0.3) is 0 Å². The van der Waals surface area contributed by atoms with Crippen LogP contribution in [0.2, 0.25) is 0 Å². The van der Waals surface area contributed by atoms with Crippen molar-refractivity contribution in [2.45, 2.75) is 12.8 Å². The van der Waals surface area contributed by atoms with E-state index in [0.717, 1.165) is 0 Å². The Morgan fingerprint density at radius 3 is 1.52 bits per heavy atom. The predicted molar refractivity (Wildman–Crippen MR) is 75.6 cm³/mol. The molecule has 0 radical (unpaired) electrons. The Morgan fingerprint density at radius 2 is 1.14 bits per heavy atom. The van der Waals surface area contributed by atoms with Gasteiger partial charge >= 0.3 is 11.9 Å². The minimum Gasteiger partial charge on any atom is -0.481 e.